The van der Waals surface area contributed by atoms with Gasteiger partial charge in [-0.3, -0.25) is 31.7 Å². The molecule has 0 aliphatic rings. The lowest BCUT2D eigenvalue weighted by atomic mass is 10.1. The molecule has 0 saturated carbocycles. The van der Waals surface area contributed by atoms with Gasteiger partial charge in [-0.2, -0.15) is 0 Å². The zero-order valence-electron chi connectivity index (χ0n) is 9.59. The molecule has 0 aliphatic carbocycles. The molecule has 0 aliphatic heterocycles. The van der Waals surface area contributed by atoms with Crippen molar-refractivity contribution in [1.29, 1.82) is 0 Å². The Morgan fingerprint density at radius 3 is 2.25 bits per heavy atom. The summed E-state index contributed by atoms with van der Waals surface area (Å²) in [4.78, 5) is 19.6. The molecule has 12 heteroatoms. The molecule has 0 fully saturated rings. The van der Waals surface area contributed by atoms with Crippen LogP contribution in [0.2, 0.25) is 5.02 Å². The topological polar surface area (TPSA) is 177 Å². The Balaban J connectivity index is 3.56. The lowest BCUT2D eigenvalue weighted by Gasteiger charge is -2.04. The highest BCUT2D eigenvalue weighted by atomic mass is 35.5. The summed E-state index contributed by atoms with van der Waals surface area (Å²) in [5.41, 5.74) is 7.90. The number of hydrazone groups is 1. The zero-order chi connectivity index (χ0) is 15.4. The fourth-order valence-electron chi connectivity index (χ4n) is 1.22. The highest BCUT2D eigenvalue weighted by molar-refractivity contribution is 6.33. The fraction of sp³-hybridized carbons (Fsp3) is 0. The van der Waals surface area contributed by atoms with Gasteiger partial charge in [0.05, 0.1) is 16.1 Å². The van der Waals surface area contributed by atoms with Gasteiger partial charge in [-0.25, -0.2) is 0 Å². The van der Waals surface area contributed by atoms with Gasteiger partial charge in [0.1, 0.15) is 5.02 Å². The van der Waals surface area contributed by atoms with Crippen LogP contribution in [0.1, 0.15) is 5.56 Å². The molecule has 20 heavy (non-hydrogen) atoms. The van der Waals surface area contributed by atoms with E-state index in [0.29, 0.717) is 6.21 Å². The third-order valence-corrected chi connectivity index (χ3v) is 2.34. The molecule has 0 aromatic heterocycles. The Morgan fingerprint density at radius 1 is 1.20 bits per heavy atom. The van der Waals surface area contributed by atoms with Gasteiger partial charge in [0, 0.05) is 6.07 Å². The number of rotatable bonds is 4. The first-order valence-corrected chi connectivity index (χ1v) is 5.14. The van der Waals surface area contributed by atoms with Crippen LogP contribution in [-0.4, -0.2) is 26.9 Å². The fourth-order valence-corrected chi connectivity index (χ4v) is 1.45. The number of benzene rings is 1. The first-order chi connectivity index (χ1) is 9.25. The van der Waals surface area contributed by atoms with Crippen molar-refractivity contribution in [3.8, 4) is 0 Å². The van der Waals surface area contributed by atoms with Crippen molar-refractivity contribution in [3.63, 3.8) is 0 Å². The maximum atomic E-state index is 11.0. The average Bonchev–Trinajstić information content (AvgIpc) is 2.34. The molecule has 0 spiro atoms. The Kier molecular flexibility index (Phi) is 4.38. The maximum absolute atomic E-state index is 11.0. The van der Waals surface area contributed by atoms with E-state index in [9.17, 15) is 25.4 Å². The molecule has 0 amide bonds. The van der Waals surface area contributed by atoms with Gasteiger partial charge in [0.15, 0.2) is 5.56 Å². The van der Waals surface area contributed by atoms with E-state index in [1.165, 1.54) is 0 Å². The van der Waals surface area contributed by atoms with Gasteiger partial charge in [-0.15, -0.1) is 9.95 Å². The number of nitrogens with two attached hydrogens (primary N) is 2. The van der Waals surface area contributed by atoms with Gasteiger partial charge in [-0.1, -0.05) is 11.6 Å². The molecular weight excluding hydrogens is 296 g/mol. The first kappa shape index (κ1) is 15.1. The lowest BCUT2D eigenvalue weighted by Crippen LogP contribution is -2.30. The second kappa shape index (κ2) is 5.79. The van der Waals surface area contributed by atoms with Gasteiger partial charge in [0.25, 0.3) is 5.69 Å². The molecule has 106 valence electrons. The summed E-state index contributed by atoms with van der Waals surface area (Å²) in [5, 5.41) is 35.5. The predicted molar refractivity (Wildman–Crippen MR) is 69.4 cm³/mol. The van der Waals surface area contributed by atoms with Crippen molar-refractivity contribution >= 4 is 35.1 Å². The number of hydrogen-bond acceptors (Lipinski definition) is 6. The summed E-state index contributed by atoms with van der Waals surface area (Å²) < 4.78 is 0. The third-order valence-electron chi connectivity index (χ3n) is 2.04. The van der Waals surface area contributed by atoms with E-state index < -0.39 is 32.7 Å². The maximum Gasteiger partial charge on any atom is 0.366 e. The predicted octanol–water partition coefficient (Wildman–Crippen LogP) is 0.274. The number of nitro benzene ring substituents is 2. The van der Waals surface area contributed by atoms with E-state index in [0.717, 1.165) is 12.1 Å². The Labute approximate surface area is 115 Å². The molecule has 0 atom stereocenters. The molecule has 0 radical (unpaired) electrons. The largest absolute Gasteiger partial charge is 0.722 e. The van der Waals surface area contributed by atoms with E-state index in [1.54, 1.807) is 0 Å². The van der Waals surface area contributed by atoms with E-state index in [1.807, 2.05) is 0 Å². The number of guanidine groups is 1. The minimum Gasteiger partial charge on any atom is -0.722 e. The minimum absolute atomic E-state index is 0.256. The monoisotopic (exact) mass is 302 g/mol. The van der Waals surface area contributed by atoms with Crippen molar-refractivity contribution in [3.05, 3.63) is 48.2 Å². The summed E-state index contributed by atoms with van der Waals surface area (Å²) in [6.07, 6.45) is 0.592. The normalized spacial score (nSPS) is 10.4. The van der Waals surface area contributed by atoms with Crippen molar-refractivity contribution in [1.82, 2.24) is 0 Å². The van der Waals surface area contributed by atoms with Crippen LogP contribution in [0.25, 0.3) is 0 Å². The average molecular weight is 303 g/mol. The minimum atomic E-state index is -0.929. The number of halogens is 1. The molecule has 11 nitrogen and oxygen atoms in total. The summed E-state index contributed by atoms with van der Waals surface area (Å²) in [7, 11) is 0. The quantitative estimate of drug-likeness (QED) is 0.200. The van der Waals surface area contributed by atoms with Crippen molar-refractivity contribution in [2.24, 2.45) is 16.6 Å². The lowest BCUT2D eigenvalue weighted by molar-refractivity contribution is -0.464. The zero-order valence-corrected chi connectivity index (χ0v) is 10.4. The summed E-state index contributed by atoms with van der Waals surface area (Å²) >= 11 is 5.61. The second-order valence-corrected chi connectivity index (χ2v) is 3.69. The third kappa shape index (κ3) is 3.08. The molecule has 1 aromatic rings. The Hall–Kier alpha value is -2.95. The highest BCUT2D eigenvalue weighted by Crippen LogP contribution is 2.33. The van der Waals surface area contributed by atoms with Crippen molar-refractivity contribution in [2.75, 3.05) is 0 Å². The van der Waals surface area contributed by atoms with Crippen LogP contribution in [-0.2, 0) is 0 Å². The highest BCUT2D eigenvalue weighted by Gasteiger charge is 2.27. The summed E-state index contributed by atoms with van der Waals surface area (Å²) in [6.45, 7) is 0. The van der Waals surface area contributed by atoms with Crippen LogP contribution in [0.4, 0.5) is 11.4 Å². The number of nitro groups is 2. The van der Waals surface area contributed by atoms with Gasteiger partial charge < -0.3 is 5.21 Å². The van der Waals surface area contributed by atoms with Crippen molar-refractivity contribution < 1.29 is 14.7 Å². The van der Waals surface area contributed by atoms with Gasteiger partial charge in [0.2, 0.25) is 0 Å². The SMILES string of the molecule is NC(N)=[N+]([O-])N=Cc1c([N+](=O)[O-])ccc(Cl)c1[N+](=O)[O-]. The molecule has 1 aromatic carbocycles. The molecule has 1 rings (SSSR count). The molecule has 0 saturated heterocycles. The molecule has 0 heterocycles. The van der Waals surface area contributed by atoms with E-state index in [2.05, 4.69) is 5.10 Å². The Bertz CT molecular complexity index is 638. The van der Waals surface area contributed by atoms with Crippen LogP contribution in [0, 0.1) is 25.4 Å². The molecular formula is C8H7ClN6O5. The molecule has 0 unspecified atom stereocenters. The van der Waals surface area contributed by atoms with E-state index >= 15 is 0 Å². The standard InChI is InChI=1S/C8H7ClN6O5/c9-5-1-2-6(14(17)18)4(7(5)15(19)20)3-12-13(16)8(10)11/h1-3H,10-11H2. The molecule has 0 bridgehead atoms. The summed E-state index contributed by atoms with van der Waals surface area (Å²) in [5.74, 6) is -0.742. The van der Waals surface area contributed by atoms with Gasteiger partial charge >= 0.3 is 11.6 Å². The van der Waals surface area contributed by atoms with Gasteiger partial charge in [-0.05, 0) is 6.07 Å². The number of hydrogen-bond donors (Lipinski definition) is 2. The second-order valence-electron chi connectivity index (χ2n) is 3.29. The van der Waals surface area contributed by atoms with Crippen LogP contribution < -0.4 is 11.5 Å². The first-order valence-electron chi connectivity index (χ1n) is 4.76. The van der Waals surface area contributed by atoms with Crippen LogP contribution in [0.5, 0.6) is 0 Å². The molecule has 4 N–H and O–H groups in total. The Morgan fingerprint density at radius 2 is 1.80 bits per heavy atom. The van der Waals surface area contributed by atoms with Crippen molar-refractivity contribution in [2.45, 2.75) is 0 Å². The summed E-state index contributed by atoms with van der Waals surface area (Å²) in [6, 6.07) is 1.94. The van der Waals surface area contributed by atoms with Crippen LogP contribution in [0.3, 0.4) is 0 Å². The number of nitrogens with zero attached hydrogens (tertiary/aromatic N) is 4. The van der Waals surface area contributed by atoms with Crippen LogP contribution in [0.15, 0.2) is 17.2 Å². The van der Waals surface area contributed by atoms with E-state index in [4.69, 9.17) is 23.1 Å². The smallest absolute Gasteiger partial charge is 0.366 e. The van der Waals surface area contributed by atoms with Crippen LogP contribution >= 0.6 is 11.6 Å². The van der Waals surface area contributed by atoms with E-state index in [-0.39, 0.29) is 9.87 Å².